The Morgan fingerprint density at radius 2 is 1.92 bits per heavy atom. The number of H-pyrrole nitrogens is 1. The Bertz CT molecular complexity index is 842. The summed E-state index contributed by atoms with van der Waals surface area (Å²) < 4.78 is 0. The van der Waals surface area contributed by atoms with E-state index in [0.29, 0.717) is 23.0 Å². The third-order valence-corrected chi connectivity index (χ3v) is 3.87. The quantitative estimate of drug-likeness (QED) is 0.746. The van der Waals surface area contributed by atoms with Crippen LogP contribution in [-0.4, -0.2) is 21.1 Å². The third kappa shape index (κ3) is 4.20. The molecule has 3 rings (SSSR count). The molecule has 0 aliphatic carbocycles. The van der Waals surface area contributed by atoms with E-state index in [-0.39, 0.29) is 12.3 Å². The maximum Gasteiger partial charge on any atom is 0.232 e. The second kappa shape index (κ2) is 7.27. The number of hydrogen-bond acceptors (Lipinski definition) is 3. The number of nitrogens with one attached hydrogen (secondary N) is 2. The van der Waals surface area contributed by atoms with E-state index in [2.05, 4.69) is 44.8 Å². The average Bonchev–Trinajstić information content (AvgIpc) is 2.99. The van der Waals surface area contributed by atoms with Crippen LogP contribution in [0.25, 0.3) is 0 Å². The van der Waals surface area contributed by atoms with Crippen molar-refractivity contribution in [3.8, 4) is 0 Å². The van der Waals surface area contributed by atoms with Crippen molar-refractivity contribution in [2.24, 2.45) is 0 Å². The van der Waals surface area contributed by atoms with E-state index in [1.54, 1.807) is 12.1 Å². The van der Waals surface area contributed by atoms with Gasteiger partial charge in [-0.2, -0.15) is 5.10 Å². The van der Waals surface area contributed by atoms with Crippen molar-refractivity contribution in [3.63, 3.8) is 0 Å². The smallest absolute Gasteiger partial charge is 0.232 e. The molecule has 6 heteroatoms. The molecule has 0 spiro atoms. The van der Waals surface area contributed by atoms with Gasteiger partial charge in [-0.1, -0.05) is 53.6 Å². The van der Waals surface area contributed by atoms with Gasteiger partial charge in [0.2, 0.25) is 5.91 Å². The van der Waals surface area contributed by atoms with Gasteiger partial charge in [-0.05, 0) is 24.6 Å². The number of hydrogen-bond donors (Lipinski definition) is 2. The van der Waals surface area contributed by atoms with E-state index >= 15 is 0 Å². The van der Waals surface area contributed by atoms with Crippen LogP contribution >= 0.6 is 11.6 Å². The van der Waals surface area contributed by atoms with E-state index in [1.807, 2.05) is 19.1 Å². The van der Waals surface area contributed by atoms with Gasteiger partial charge in [0.1, 0.15) is 5.82 Å². The van der Waals surface area contributed by atoms with Crippen LogP contribution in [-0.2, 0) is 17.6 Å². The highest BCUT2D eigenvalue weighted by Crippen LogP contribution is 2.20. The number of halogens is 1. The summed E-state index contributed by atoms with van der Waals surface area (Å²) in [6, 6.07) is 15.3. The molecule has 0 radical (unpaired) electrons. The number of benzene rings is 2. The minimum Gasteiger partial charge on any atom is -0.324 e. The Balaban J connectivity index is 1.60. The third-order valence-electron chi connectivity index (χ3n) is 3.54. The minimum absolute atomic E-state index is 0.0929. The zero-order chi connectivity index (χ0) is 16.9. The zero-order valence-corrected chi connectivity index (χ0v) is 14.0. The number of carbonyl (C=O) groups excluding carboxylic acids is 1. The first kappa shape index (κ1) is 16.2. The van der Waals surface area contributed by atoms with E-state index in [4.69, 9.17) is 11.6 Å². The number of aromatic amines is 1. The van der Waals surface area contributed by atoms with Gasteiger partial charge in [-0.3, -0.25) is 9.89 Å². The number of para-hydroxylation sites is 1. The van der Waals surface area contributed by atoms with Crippen LogP contribution in [0.15, 0.2) is 48.5 Å². The first-order chi connectivity index (χ1) is 11.6. The molecule has 0 unspecified atom stereocenters. The molecule has 0 saturated carbocycles. The molecule has 24 heavy (non-hydrogen) atoms. The molecule has 0 aliphatic heterocycles. The van der Waals surface area contributed by atoms with E-state index < -0.39 is 0 Å². The Kier molecular flexibility index (Phi) is 4.91. The summed E-state index contributed by atoms with van der Waals surface area (Å²) in [6.45, 7) is 2.05. The summed E-state index contributed by atoms with van der Waals surface area (Å²) >= 11 is 6.02. The molecule has 0 aliphatic rings. The van der Waals surface area contributed by atoms with Crippen LogP contribution in [0, 0.1) is 6.92 Å². The molecular weight excluding hydrogens is 324 g/mol. The van der Waals surface area contributed by atoms with Crippen molar-refractivity contribution in [1.29, 1.82) is 0 Å². The van der Waals surface area contributed by atoms with Crippen LogP contribution in [0.2, 0.25) is 5.02 Å². The van der Waals surface area contributed by atoms with Gasteiger partial charge in [0.15, 0.2) is 5.82 Å². The van der Waals surface area contributed by atoms with Crippen LogP contribution < -0.4 is 5.32 Å². The van der Waals surface area contributed by atoms with Gasteiger partial charge in [0.25, 0.3) is 0 Å². The summed E-state index contributed by atoms with van der Waals surface area (Å²) in [5, 5.41) is 10.2. The summed E-state index contributed by atoms with van der Waals surface area (Å²) in [7, 11) is 0. The molecule has 1 aromatic heterocycles. The molecule has 122 valence electrons. The van der Waals surface area contributed by atoms with Crippen molar-refractivity contribution in [2.45, 2.75) is 19.8 Å². The number of aryl methyl sites for hydroxylation is 1. The summed E-state index contributed by atoms with van der Waals surface area (Å²) in [4.78, 5) is 16.4. The fraction of sp³-hybridized carbons (Fsp3) is 0.167. The Hall–Kier alpha value is -2.66. The molecule has 0 saturated heterocycles. The average molecular weight is 341 g/mol. The van der Waals surface area contributed by atoms with Gasteiger partial charge >= 0.3 is 0 Å². The first-order valence-electron chi connectivity index (χ1n) is 7.60. The fourth-order valence-corrected chi connectivity index (χ4v) is 2.48. The highest BCUT2D eigenvalue weighted by atomic mass is 35.5. The van der Waals surface area contributed by atoms with Crippen molar-refractivity contribution >= 4 is 23.2 Å². The molecule has 1 amide bonds. The molecule has 2 N–H and O–H groups in total. The largest absolute Gasteiger partial charge is 0.324 e. The molecular formula is C18H17ClN4O. The molecule has 5 nitrogen and oxygen atoms in total. The minimum atomic E-state index is -0.205. The number of carbonyl (C=O) groups is 1. The summed E-state index contributed by atoms with van der Waals surface area (Å²) in [5.41, 5.74) is 2.94. The lowest BCUT2D eigenvalue weighted by Crippen LogP contribution is -2.15. The number of amides is 1. The lowest BCUT2D eigenvalue weighted by Gasteiger charge is -2.05. The highest BCUT2D eigenvalue weighted by molar-refractivity contribution is 6.33. The van der Waals surface area contributed by atoms with Crippen molar-refractivity contribution in [3.05, 3.63) is 76.3 Å². The van der Waals surface area contributed by atoms with Crippen molar-refractivity contribution < 1.29 is 4.79 Å². The standard InChI is InChI=1S/C18H17ClN4O/c1-12-6-8-13(9-7-12)10-16-21-17(23-22-16)11-18(24)20-15-5-3-2-4-14(15)19/h2-9H,10-11H2,1H3,(H,20,24)(H,21,22,23). The van der Waals surface area contributed by atoms with E-state index in [9.17, 15) is 4.79 Å². The number of anilines is 1. The molecule has 0 fully saturated rings. The summed E-state index contributed by atoms with van der Waals surface area (Å²) in [5.74, 6) is 0.991. The SMILES string of the molecule is Cc1ccc(Cc2nc(CC(=O)Nc3ccccc3Cl)n[nH]2)cc1. The van der Waals surface area contributed by atoms with Gasteiger partial charge in [-0.15, -0.1) is 0 Å². The van der Waals surface area contributed by atoms with Gasteiger partial charge in [0.05, 0.1) is 17.1 Å². The topological polar surface area (TPSA) is 70.7 Å². The zero-order valence-electron chi connectivity index (χ0n) is 13.2. The second-order valence-corrected chi connectivity index (χ2v) is 5.97. The second-order valence-electron chi connectivity index (χ2n) is 5.57. The normalized spacial score (nSPS) is 10.6. The van der Waals surface area contributed by atoms with Crippen LogP contribution in [0.4, 0.5) is 5.69 Å². The van der Waals surface area contributed by atoms with Gasteiger partial charge in [0, 0.05) is 6.42 Å². The molecule has 0 bridgehead atoms. The van der Waals surface area contributed by atoms with E-state index in [1.165, 1.54) is 5.56 Å². The van der Waals surface area contributed by atoms with Gasteiger partial charge < -0.3 is 5.32 Å². The highest BCUT2D eigenvalue weighted by Gasteiger charge is 2.11. The monoisotopic (exact) mass is 340 g/mol. The number of nitrogens with zero attached hydrogens (tertiary/aromatic N) is 2. The number of aromatic nitrogens is 3. The van der Waals surface area contributed by atoms with Gasteiger partial charge in [-0.25, -0.2) is 4.98 Å². The Morgan fingerprint density at radius 3 is 2.67 bits per heavy atom. The molecule has 2 aromatic carbocycles. The Morgan fingerprint density at radius 1 is 1.17 bits per heavy atom. The molecule has 0 atom stereocenters. The van der Waals surface area contributed by atoms with E-state index in [0.717, 1.165) is 11.4 Å². The maximum absolute atomic E-state index is 12.1. The lowest BCUT2D eigenvalue weighted by atomic mass is 10.1. The first-order valence-corrected chi connectivity index (χ1v) is 7.98. The predicted octanol–water partition coefficient (Wildman–Crippen LogP) is 3.54. The molecule has 1 heterocycles. The van der Waals surface area contributed by atoms with Crippen LogP contribution in [0.5, 0.6) is 0 Å². The fourth-order valence-electron chi connectivity index (χ4n) is 2.29. The van der Waals surface area contributed by atoms with Crippen molar-refractivity contribution in [1.82, 2.24) is 15.2 Å². The van der Waals surface area contributed by atoms with Crippen LogP contribution in [0.1, 0.15) is 22.8 Å². The lowest BCUT2D eigenvalue weighted by molar-refractivity contribution is -0.115. The maximum atomic E-state index is 12.1. The Labute approximate surface area is 145 Å². The molecule has 3 aromatic rings. The summed E-state index contributed by atoms with van der Waals surface area (Å²) in [6.07, 6.45) is 0.745. The van der Waals surface area contributed by atoms with Crippen molar-refractivity contribution in [2.75, 3.05) is 5.32 Å². The predicted molar refractivity (Wildman–Crippen MR) is 94.2 cm³/mol. The number of rotatable bonds is 5. The van der Waals surface area contributed by atoms with Crippen LogP contribution in [0.3, 0.4) is 0 Å².